The third kappa shape index (κ3) is 8.29. The molecule has 0 heterocycles. The van der Waals surface area contributed by atoms with Crippen molar-refractivity contribution in [1.82, 2.24) is 10.2 Å². The number of hydrogen-bond donors (Lipinski definition) is 1. The van der Waals surface area contributed by atoms with Crippen molar-refractivity contribution in [1.29, 1.82) is 0 Å². The SMILES string of the molecule is C=C/C=C\C(=C(/C)NC(=O)c1ccc(CCCCC)cc1)C(CC)N(C(=O)c1ccc(C)cc1)C1=CCCC=C1. The van der Waals surface area contributed by atoms with Crippen molar-refractivity contribution in [2.45, 2.75) is 78.7 Å². The van der Waals surface area contributed by atoms with Crippen LogP contribution >= 0.6 is 0 Å². The zero-order chi connectivity index (χ0) is 28.9. The fourth-order valence-electron chi connectivity index (χ4n) is 4.97. The number of nitrogens with one attached hydrogen (secondary N) is 1. The van der Waals surface area contributed by atoms with Gasteiger partial charge in [-0.15, -0.1) is 0 Å². The number of nitrogens with zero attached hydrogens (tertiary/aromatic N) is 1. The van der Waals surface area contributed by atoms with E-state index in [0.29, 0.717) is 23.2 Å². The van der Waals surface area contributed by atoms with E-state index < -0.39 is 0 Å². The maximum atomic E-state index is 14.0. The van der Waals surface area contributed by atoms with Crippen LogP contribution in [-0.4, -0.2) is 22.8 Å². The highest BCUT2D eigenvalue weighted by molar-refractivity contribution is 5.97. The summed E-state index contributed by atoms with van der Waals surface area (Å²) in [4.78, 5) is 29.2. The Hall–Kier alpha value is -3.92. The van der Waals surface area contributed by atoms with E-state index in [4.69, 9.17) is 0 Å². The second kappa shape index (κ2) is 15.6. The maximum Gasteiger partial charge on any atom is 0.258 e. The molecule has 210 valence electrons. The number of unbranched alkanes of at least 4 members (excludes halogenated alkanes) is 2. The largest absolute Gasteiger partial charge is 0.326 e. The maximum absolute atomic E-state index is 14.0. The van der Waals surface area contributed by atoms with Crippen LogP contribution in [0.4, 0.5) is 0 Å². The van der Waals surface area contributed by atoms with Crippen LogP contribution in [-0.2, 0) is 6.42 Å². The second-order valence-corrected chi connectivity index (χ2v) is 10.4. The lowest BCUT2D eigenvalue weighted by Gasteiger charge is -2.35. The first-order valence-electron chi connectivity index (χ1n) is 14.6. The zero-order valence-corrected chi connectivity index (χ0v) is 24.6. The van der Waals surface area contributed by atoms with E-state index in [-0.39, 0.29) is 17.9 Å². The molecule has 1 atom stereocenters. The van der Waals surface area contributed by atoms with E-state index in [1.54, 1.807) is 6.08 Å². The van der Waals surface area contributed by atoms with Crippen molar-refractivity contribution >= 4 is 11.8 Å². The van der Waals surface area contributed by atoms with Gasteiger partial charge < -0.3 is 10.2 Å². The number of hydrogen-bond acceptors (Lipinski definition) is 2. The standard InChI is InChI=1S/C36H44N2O2/c1-6-9-12-15-29-21-25-30(26-22-29)35(39)37-28(5)33(18-10-7-2)34(8-3)38(32-16-13-11-14-17-32)36(40)31-23-19-27(4)20-24-31/h7,10,13,16-26,34H,2,6,8-9,11-12,14-15H2,1,3-5H3,(H,37,39)/b18-10-,33-28-. The molecular weight excluding hydrogens is 492 g/mol. The van der Waals surface area contributed by atoms with Gasteiger partial charge in [0.1, 0.15) is 0 Å². The van der Waals surface area contributed by atoms with E-state index >= 15 is 0 Å². The highest BCUT2D eigenvalue weighted by atomic mass is 16.2. The van der Waals surface area contributed by atoms with Crippen LogP contribution in [0.2, 0.25) is 0 Å². The summed E-state index contributed by atoms with van der Waals surface area (Å²) in [5, 5.41) is 3.12. The molecule has 0 aliphatic heterocycles. The van der Waals surface area contributed by atoms with Gasteiger partial charge in [-0.05, 0) is 87.4 Å². The minimum Gasteiger partial charge on any atom is -0.326 e. The summed E-state index contributed by atoms with van der Waals surface area (Å²) in [5.41, 5.74) is 6.06. The molecule has 2 amide bonds. The smallest absolute Gasteiger partial charge is 0.258 e. The van der Waals surface area contributed by atoms with E-state index in [0.717, 1.165) is 42.5 Å². The first-order valence-corrected chi connectivity index (χ1v) is 14.6. The second-order valence-electron chi connectivity index (χ2n) is 10.4. The van der Waals surface area contributed by atoms with Crippen LogP contribution in [0.1, 0.15) is 91.1 Å². The van der Waals surface area contributed by atoms with Crippen LogP contribution in [0, 0.1) is 6.92 Å². The van der Waals surface area contributed by atoms with Crippen molar-refractivity contribution < 1.29 is 9.59 Å². The quantitative estimate of drug-likeness (QED) is 0.206. The Kier molecular flexibility index (Phi) is 12.0. The van der Waals surface area contributed by atoms with Crippen LogP contribution in [0.5, 0.6) is 0 Å². The van der Waals surface area contributed by atoms with Gasteiger partial charge in [-0.2, -0.15) is 0 Å². The Bertz CT molecular complexity index is 1280. The van der Waals surface area contributed by atoms with Crippen molar-refractivity contribution in [3.05, 3.63) is 131 Å². The Labute approximate surface area is 240 Å². The molecule has 3 rings (SSSR count). The summed E-state index contributed by atoms with van der Waals surface area (Å²) >= 11 is 0. The lowest BCUT2D eigenvalue weighted by Crippen LogP contribution is -2.41. The first-order chi connectivity index (χ1) is 19.4. The molecule has 1 N–H and O–H groups in total. The Morgan fingerprint density at radius 2 is 1.70 bits per heavy atom. The average Bonchev–Trinajstić information content (AvgIpc) is 2.97. The van der Waals surface area contributed by atoms with E-state index in [1.165, 1.54) is 18.4 Å². The molecule has 1 aliphatic rings. The van der Waals surface area contributed by atoms with Crippen molar-refractivity contribution in [3.63, 3.8) is 0 Å². The lowest BCUT2D eigenvalue weighted by atomic mass is 9.96. The average molecular weight is 537 g/mol. The van der Waals surface area contributed by atoms with Crippen LogP contribution < -0.4 is 5.32 Å². The van der Waals surface area contributed by atoms with Gasteiger partial charge >= 0.3 is 0 Å². The third-order valence-corrected chi connectivity index (χ3v) is 7.26. The van der Waals surface area contributed by atoms with Gasteiger partial charge in [0.25, 0.3) is 11.8 Å². The molecule has 2 aromatic carbocycles. The third-order valence-electron chi connectivity index (χ3n) is 7.26. The fourth-order valence-corrected chi connectivity index (χ4v) is 4.97. The van der Waals surface area contributed by atoms with E-state index in [1.807, 2.05) is 85.5 Å². The molecule has 2 aromatic rings. The fraction of sp³-hybridized carbons (Fsp3) is 0.333. The molecule has 0 saturated heterocycles. The van der Waals surface area contributed by atoms with Gasteiger partial charge in [0.05, 0.1) is 6.04 Å². The van der Waals surface area contributed by atoms with E-state index in [9.17, 15) is 9.59 Å². The van der Waals surface area contributed by atoms with Gasteiger partial charge in [-0.1, -0.05) is 93.5 Å². The van der Waals surface area contributed by atoms with E-state index in [2.05, 4.69) is 37.9 Å². The summed E-state index contributed by atoms with van der Waals surface area (Å²) in [5.74, 6) is -0.225. The molecule has 1 aliphatic carbocycles. The van der Waals surface area contributed by atoms with Crippen LogP contribution in [0.15, 0.2) is 109 Å². The van der Waals surface area contributed by atoms with Gasteiger partial charge in [0, 0.05) is 22.5 Å². The summed E-state index contributed by atoms with van der Waals surface area (Å²) in [7, 11) is 0. The normalized spacial score (nSPS) is 14.3. The molecule has 1 unspecified atom stereocenters. The highest BCUT2D eigenvalue weighted by Crippen LogP contribution is 2.28. The number of benzene rings is 2. The lowest BCUT2D eigenvalue weighted by molar-refractivity contribution is 0.0770. The monoisotopic (exact) mass is 536 g/mol. The molecule has 0 fully saturated rings. The first kappa shape index (κ1) is 30.6. The number of amides is 2. The molecule has 0 aromatic heterocycles. The summed E-state index contributed by atoms with van der Waals surface area (Å²) in [6.45, 7) is 12.0. The predicted octanol–water partition coefficient (Wildman–Crippen LogP) is 8.63. The van der Waals surface area contributed by atoms with Gasteiger partial charge in [-0.25, -0.2) is 0 Å². The summed E-state index contributed by atoms with van der Waals surface area (Å²) in [6, 6.07) is 15.3. The predicted molar refractivity (Wildman–Crippen MR) is 167 cm³/mol. The van der Waals surface area contributed by atoms with Crippen molar-refractivity contribution in [2.75, 3.05) is 0 Å². The Balaban J connectivity index is 1.96. The summed E-state index contributed by atoms with van der Waals surface area (Å²) in [6.07, 6.45) is 18.9. The molecule has 0 radical (unpaired) electrons. The molecule has 4 nitrogen and oxygen atoms in total. The van der Waals surface area contributed by atoms with Crippen LogP contribution in [0.25, 0.3) is 0 Å². The van der Waals surface area contributed by atoms with Crippen molar-refractivity contribution in [2.24, 2.45) is 0 Å². The topological polar surface area (TPSA) is 49.4 Å². The molecule has 0 saturated carbocycles. The molecule has 0 bridgehead atoms. The number of carbonyl (C=O) groups is 2. The molecule has 4 heteroatoms. The number of allylic oxidation sites excluding steroid dienone is 6. The Morgan fingerprint density at radius 1 is 1.00 bits per heavy atom. The minimum absolute atomic E-state index is 0.0630. The summed E-state index contributed by atoms with van der Waals surface area (Å²) < 4.78 is 0. The molecule has 0 spiro atoms. The number of aryl methyl sites for hydroxylation is 2. The van der Waals surface area contributed by atoms with Gasteiger partial charge in [0.15, 0.2) is 0 Å². The molecular formula is C36H44N2O2. The van der Waals surface area contributed by atoms with Gasteiger partial charge in [0.2, 0.25) is 0 Å². The van der Waals surface area contributed by atoms with Crippen molar-refractivity contribution in [3.8, 4) is 0 Å². The zero-order valence-electron chi connectivity index (χ0n) is 24.6. The highest BCUT2D eigenvalue weighted by Gasteiger charge is 2.29. The Morgan fingerprint density at radius 3 is 2.30 bits per heavy atom. The number of rotatable bonds is 13. The number of carbonyl (C=O) groups excluding carboxylic acids is 2. The minimum atomic E-state index is -0.291. The van der Waals surface area contributed by atoms with Crippen LogP contribution in [0.3, 0.4) is 0 Å². The molecule has 40 heavy (non-hydrogen) atoms. The van der Waals surface area contributed by atoms with Gasteiger partial charge in [-0.3, -0.25) is 9.59 Å².